The monoisotopic (exact) mass is 316 g/mol. The molecule has 0 amide bonds. The Bertz CT molecular complexity index is 645. The van der Waals surface area contributed by atoms with Crippen molar-refractivity contribution in [1.82, 2.24) is 0 Å². The molecule has 96 valence electrons. The maximum absolute atomic E-state index is 12.1. The van der Waals surface area contributed by atoms with Crippen molar-refractivity contribution in [3.8, 4) is 5.75 Å². The minimum absolute atomic E-state index is 0.0718. The molecule has 1 N–H and O–H groups in total. The highest BCUT2D eigenvalue weighted by molar-refractivity contribution is 9.10. The van der Waals surface area contributed by atoms with Crippen LogP contribution in [0, 0.1) is 6.92 Å². The molecule has 0 aliphatic rings. The summed E-state index contributed by atoms with van der Waals surface area (Å²) in [5.41, 5.74) is 2.22. The number of phenols is 1. The van der Waals surface area contributed by atoms with Gasteiger partial charge in [-0.15, -0.1) is 0 Å². The van der Waals surface area contributed by atoms with Crippen LogP contribution < -0.4 is 0 Å². The molecule has 0 atom stereocenters. The largest absolute Gasteiger partial charge is 0.507 e. The highest BCUT2D eigenvalue weighted by Crippen LogP contribution is 2.23. The van der Waals surface area contributed by atoms with E-state index in [0.717, 1.165) is 10.0 Å². The number of halogens is 1. The number of aromatic hydroxyl groups is 1. The summed E-state index contributed by atoms with van der Waals surface area (Å²) in [6.07, 6.45) is 3.10. The summed E-state index contributed by atoms with van der Waals surface area (Å²) in [6, 6.07) is 12.5. The molecule has 0 saturated heterocycles. The molecular weight excluding hydrogens is 304 g/mol. The van der Waals surface area contributed by atoms with Crippen LogP contribution in [0.25, 0.3) is 6.08 Å². The van der Waals surface area contributed by atoms with Crippen LogP contribution in [0.1, 0.15) is 21.5 Å². The Morgan fingerprint density at radius 3 is 2.68 bits per heavy atom. The molecule has 0 aliphatic carbocycles. The molecule has 2 nitrogen and oxygen atoms in total. The molecule has 0 bridgehead atoms. The minimum atomic E-state index is -0.0718. The Hall–Kier alpha value is -1.87. The third-order valence-corrected chi connectivity index (χ3v) is 3.31. The van der Waals surface area contributed by atoms with Crippen LogP contribution in [-0.4, -0.2) is 10.9 Å². The van der Waals surface area contributed by atoms with Crippen LogP contribution in [0.15, 0.2) is 53.0 Å². The number of rotatable bonds is 3. The summed E-state index contributed by atoms with van der Waals surface area (Å²) in [5.74, 6) is 0.0782. The Kier molecular flexibility index (Phi) is 4.17. The van der Waals surface area contributed by atoms with Gasteiger partial charge in [-0.1, -0.05) is 40.2 Å². The van der Waals surface area contributed by atoms with Crippen molar-refractivity contribution in [2.24, 2.45) is 0 Å². The molecule has 0 radical (unpaired) electrons. The fourth-order valence-corrected chi connectivity index (χ4v) is 2.14. The lowest BCUT2D eigenvalue weighted by Gasteiger charge is -2.01. The predicted molar refractivity (Wildman–Crippen MR) is 80.4 cm³/mol. The van der Waals surface area contributed by atoms with Gasteiger partial charge in [-0.2, -0.15) is 0 Å². The lowest BCUT2D eigenvalue weighted by Crippen LogP contribution is -1.96. The van der Waals surface area contributed by atoms with Gasteiger partial charge in [0.1, 0.15) is 5.75 Å². The van der Waals surface area contributed by atoms with Crippen LogP contribution in [0.5, 0.6) is 5.75 Å². The van der Waals surface area contributed by atoms with Crippen LogP contribution in [0.2, 0.25) is 0 Å². The third-order valence-electron chi connectivity index (χ3n) is 2.81. The highest BCUT2D eigenvalue weighted by atomic mass is 79.9. The molecule has 0 aromatic heterocycles. The molecule has 0 fully saturated rings. The number of benzene rings is 2. The number of carbonyl (C=O) groups excluding carboxylic acids is 1. The van der Waals surface area contributed by atoms with E-state index in [2.05, 4.69) is 15.9 Å². The fourth-order valence-electron chi connectivity index (χ4n) is 1.76. The van der Waals surface area contributed by atoms with E-state index in [1.54, 1.807) is 30.3 Å². The van der Waals surface area contributed by atoms with Gasteiger partial charge in [0.15, 0.2) is 5.78 Å². The zero-order valence-electron chi connectivity index (χ0n) is 10.4. The summed E-state index contributed by atoms with van der Waals surface area (Å²) in [5, 5.41) is 9.69. The molecule has 0 heterocycles. The molecule has 2 aromatic carbocycles. The number of aryl methyl sites for hydroxylation is 1. The maximum atomic E-state index is 12.1. The van der Waals surface area contributed by atoms with Crippen molar-refractivity contribution in [1.29, 1.82) is 0 Å². The van der Waals surface area contributed by atoms with E-state index < -0.39 is 0 Å². The van der Waals surface area contributed by atoms with E-state index in [9.17, 15) is 9.90 Å². The smallest absolute Gasteiger partial charge is 0.186 e. The van der Waals surface area contributed by atoms with Crippen LogP contribution in [-0.2, 0) is 0 Å². The first kappa shape index (κ1) is 13.6. The zero-order chi connectivity index (χ0) is 13.8. The van der Waals surface area contributed by atoms with Gasteiger partial charge in [-0.3, -0.25) is 4.79 Å². The Morgan fingerprint density at radius 1 is 1.21 bits per heavy atom. The van der Waals surface area contributed by atoms with E-state index in [1.165, 1.54) is 6.08 Å². The average molecular weight is 317 g/mol. The van der Waals surface area contributed by atoms with Crippen LogP contribution in [0.4, 0.5) is 0 Å². The quantitative estimate of drug-likeness (QED) is 0.674. The van der Waals surface area contributed by atoms with E-state index in [1.807, 2.05) is 25.1 Å². The van der Waals surface area contributed by atoms with Gasteiger partial charge in [0.25, 0.3) is 0 Å². The Labute approximate surface area is 120 Å². The second kappa shape index (κ2) is 5.85. The Morgan fingerprint density at radius 2 is 1.95 bits per heavy atom. The van der Waals surface area contributed by atoms with Gasteiger partial charge in [0, 0.05) is 15.6 Å². The third kappa shape index (κ3) is 3.32. The van der Waals surface area contributed by atoms with Gasteiger partial charge in [0.2, 0.25) is 0 Å². The first-order valence-electron chi connectivity index (χ1n) is 5.84. The second-order valence-corrected chi connectivity index (χ2v) is 5.13. The summed E-state index contributed by atoms with van der Waals surface area (Å²) in [4.78, 5) is 12.1. The van der Waals surface area contributed by atoms with E-state index in [0.29, 0.717) is 11.1 Å². The van der Waals surface area contributed by atoms with Crippen molar-refractivity contribution in [2.45, 2.75) is 6.92 Å². The normalized spacial score (nSPS) is 10.8. The summed E-state index contributed by atoms with van der Waals surface area (Å²) in [7, 11) is 0. The van der Waals surface area contributed by atoms with Crippen molar-refractivity contribution in [3.05, 3.63) is 69.7 Å². The first-order valence-corrected chi connectivity index (χ1v) is 6.64. The van der Waals surface area contributed by atoms with Gasteiger partial charge in [-0.25, -0.2) is 0 Å². The molecule has 2 rings (SSSR count). The number of carbonyl (C=O) groups is 1. The number of phenolic OH excluding ortho intramolecular Hbond substituents is 1. The molecule has 0 unspecified atom stereocenters. The second-order valence-electron chi connectivity index (χ2n) is 4.22. The van der Waals surface area contributed by atoms with Crippen molar-refractivity contribution >= 4 is 27.8 Å². The molecule has 0 spiro atoms. The summed E-state index contributed by atoms with van der Waals surface area (Å²) in [6.45, 7) is 1.90. The number of hydrogen-bond donors (Lipinski definition) is 1. The molecule has 0 saturated carbocycles. The van der Waals surface area contributed by atoms with Crippen molar-refractivity contribution in [2.75, 3.05) is 0 Å². The summed E-state index contributed by atoms with van der Waals surface area (Å²) >= 11 is 3.33. The molecule has 3 heteroatoms. The summed E-state index contributed by atoms with van der Waals surface area (Å²) < 4.78 is 0.855. The van der Waals surface area contributed by atoms with Gasteiger partial charge in [0.05, 0.1) is 0 Å². The number of allylic oxidation sites excluding steroid dienone is 1. The van der Waals surface area contributed by atoms with Crippen LogP contribution in [0.3, 0.4) is 0 Å². The molecular formula is C16H13BrO2. The molecule has 19 heavy (non-hydrogen) atoms. The van der Waals surface area contributed by atoms with Gasteiger partial charge < -0.3 is 5.11 Å². The van der Waals surface area contributed by atoms with E-state index in [4.69, 9.17) is 0 Å². The minimum Gasteiger partial charge on any atom is -0.507 e. The lowest BCUT2D eigenvalue weighted by molar-refractivity contribution is 0.104. The van der Waals surface area contributed by atoms with Gasteiger partial charge in [-0.05, 0) is 42.8 Å². The predicted octanol–water partition coefficient (Wildman–Crippen LogP) is 4.36. The van der Waals surface area contributed by atoms with Crippen molar-refractivity contribution in [3.63, 3.8) is 0 Å². The fraction of sp³-hybridized carbons (Fsp3) is 0.0625. The maximum Gasteiger partial charge on any atom is 0.186 e. The molecule has 2 aromatic rings. The SMILES string of the molecule is Cc1ccccc1C(=O)/C=C/c1cc(Br)ccc1O. The van der Waals surface area contributed by atoms with Crippen LogP contribution >= 0.6 is 15.9 Å². The Balaban J connectivity index is 2.26. The standard InChI is InChI=1S/C16H13BrO2/c1-11-4-2-3-5-14(11)16(19)8-6-12-10-13(17)7-9-15(12)18/h2-10,18H,1H3/b8-6+. The topological polar surface area (TPSA) is 37.3 Å². The highest BCUT2D eigenvalue weighted by Gasteiger charge is 2.05. The van der Waals surface area contributed by atoms with Gasteiger partial charge >= 0.3 is 0 Å². The first-order chi connectivity index (χ1) is 9.08. The average Bonchev–Trinajstić information content (AvgIpc) is 2.40. The number of ketones is 1. The van der Waals surface area contributed by atoms with E-state index >= 15 is 0 Å². The number of hydrogen-bond acceptors (Lipinski definition) is 2. The zero-order valence-corrected chi connectivity index (χ0v) is 12.0. The molecule has 0 aliphatic heterocycles. The van der Waals surface area contributed by atoms with E-state index in [-0.39, 0.29) is 11.5 Å². The van der Waals surface area contributed by atoms with Crippen molar-refractivity contribution < 1.29 is 9.90 Å². The lowest BCUT2D eigenvalue weighted by atomic mass is 10.0.